The van der Waals surface area contributed by atoms with Crippen LogP contribution in [0.4, 0.5) is 4.39 Å². The topological polar surface area (TPSA) is 58.1 Å². The molecule has 0 spiro atoms. The number of nitrogens with one attached hydrogen (secondary N) is 2. The van der Waals surface area contributed by atoms with Crippen molar-refractivity contribution in [3.8, 4) is 11.5 Å². The maximum absolute atomic E-state index is 13.8. The van der Waals surface area contributed by atoms with E-state index >= 15 is 0 Å². The monoisotopic (exact) mass is 544 g/mol. The number of nitrogens with zero attached hydrogens (tertiary/aromatic N) is 2. The second-order valence-electron chi connectivity index (χ2n) is 7.08. The molecular weight excluding hydrogens is 510 g/mol. The molecule has 2 aromatic rings. The summed E-state index contributed by atoms with van der Waals surface area (Å²) in [5.41, 5.74) is 1.78. The summed E-state index contributed by atoms with van der Waals surface area (Å²) in [6.45, 7) is 3.91. The molecule has 0 radical (unpaired) electrons. The molecule has 1 atom stereocenters. The molecule has 0 aromatic heterocycles. The van der Waals surface area contributed by atoms with Crippen LogP contribution in [-0.4, -0.2) is 58.8 Å². The Balaban J connectivity index is 0.00000480. The Kier molecular flexibility index (Phi) is 12.2. The first-order valence-electron chi connectivity index (χ1n) is 10.1. The number of rotatable bonds is 10. The molecule has 6 nitrogen and oxygen atoms in total. The van der Waals surface area contributed by atoms with Crippen molar-refractivity contribution in [2.75, 3.05) is 47.9 Å². The number of methoxy groups -OCH3 is 2. The summed E-state index contributed by atoms with van der Waals surface area (Å²) in [5.74, 6) is 1.93. The average Bonchev–Trinajstić information content (AvgIpc) is 2.74. The van der Waals surface area contributed by atoms with Gasteiger partial charge in [-0.1, -0.05) is 24.3 Å². The Morgan fingerprint density at radius 2 is 1.77 bits per heavy atom. The Morgan fingerprint density at radius 3 is 2.39 bits per heavy atom. The summed E-state index contributed by atoms with van der Waals surface area (Å²) in [6, 6.07) is 12.8. The molecule has 8 heteroatoms. The summed E-state index contributed by atoms with van der Waals surface area (Å²) < 4.78 is 24.6. The van der Waals surface area contributed by atoms with Gasteiger partial charge >= 0.3 is 0 Å². The molecule has 0 aliphatic rings. The van der Waals surface area contributed by atoms with E-state index in [4.69, 9.17) is 14.5 Å². The van der Waals surface area contributed by atoms with Gasteiger partial charge in [0.15, 0.2) is 17.5 Å². The minimum atomic E-state index is -0.178. The van der Waals surface area contributed by atoms with Gasteiger partial charge in [-0.3, -0.25) is 4.99 Å². The molecule has 2 N–H and O–H groups in total. The number of aliphatic imine (C=N–C) groups is 1. The number of benzene rings is 2. The van der Waals surface area contributed by atoms with Crippen molar-refractivity contribution in [2.24, 2.45) is 4.99 Å². The fourth-order valence-electron chi connectivity index (χ4n) is 3.16. The number of guanidine groups is 1. The second-order valence-corrected chi connectivity index (χ2v) is 7.08. The molecule has 1 unspecified atom stereocenters. The molecule has 0 bridgehead atoms. The van der Waals surface area contributed by atoms with Gasteiger partial charge in [-0.05, 0) is 56.8 Å². The molecule has 0 aliphatic heterocycles. The van der Waals surface area contributed by atoms with Crippen molar-refractivity contribution in [2.45, 2.75) is 19.4 Å². The Labute approximate surface area is 202 Å². The van der Waals surface area contributed by atoms with E-state index in [9.17, 15) is 4.39 Å². The van der Waals surface area contributed by atoms with Crippen molar-refractivity contribution < 1.29 is 13.9 Å². The zero-order chi connectivity index (χ0) is 21.9. The van der Waals surface area contributed by atoms with Gasteiger partial charge in [0.25, 0.3) is 0 Å². The summed E-state index contributed by atoms with van der Waals surface area (Å²) in [5, 5.41) is 6.54. The lowest BCUT2D eigenvalue weighted by Gasteiger charge is -2.24. The first-order chi connectivity index (χ1) is 14.5. The SMILES string of the molecule is CCNC(=NCC(c1ccc(OC)c(OC)c1)N(C)C)NCCc1ccccc1F.I. The Morgan fingerprint density at radius 1 is 1.06 bits per heavy atom. The lowest BCUT2D eigenvalue weighted by Crippen LogP contribution is -2.39. The predicted octanol–water partition coefficient (Wildman–Crippen LogP) is 3.86. The van der Waals surface area contributed by atoms with Crippen molar-refractivity contribution in [3.63, 3.8) is 0 Å². The van der Waals surface area contributed by atoms with Gasteiger partial charge in [-0.2, -0.15) is 0 Å². The van der Waals surface area contributed by atoms with Gasteiger partial charge in [0.1, 0.15) is 5.82 Å². The van der Waals surface area contributed by atoms with E-state index in [0.717, 1.165) is 12.1 Å². The van der Waals surface area contributed by atoms with Crippen LogP contribution in [0.3, 0.4) is 0 Å². The Hall–Kier alpha value is -2.07. The lowest BCUT2D eigenvalue weighted by atomic mass is 10.1. The molecule has 0 saturated carbocycles. The Bertz CT molecular complexity index is 833. The molecule has 0 amide bonds. The molecule has 2 aromatic carbocycles. The average molecular weight is 544 g/mol. The van der Waals surface area contributed by atoms with Gasteiger partial charge in [0.2, 0.25) is 0 Å². The van der Waals surface area contributed by atoms with E-state index in [-0.39, 0.29) is 35.8 Å². The molecular formula is C23H34FIN4O2. The highest BCUT2D eigenvalue weighted by molar-refractivity contribution is 14.0. The van der Waals surface area contributed by atoms with Gasteiger partial charge in [-0.25, -0.2) is 4.39 Å². The van der Waals surface area contributed by atoms with Crippen LogP contribution in [0.2, 0.25) is 0 Å². The maximum atomic E-state index is 13.8. The fraction of sp³-hybridized carbons (Fsp3) is 0.435. The number of ether oxygens (including phenoxy) is 2. The molecule has 0 heterocycles. The number of hydrogen-bond donors (Lipinski definition) is 2. The van der Waals surface area contributed by atoms with Crippen LogP contribution in [0, 0.1) is 5.82 Å². The summed E-state index contributed by atoms with van der Waals surface area (Å²) >= 11 is 0. The maximum Gasteiger partial charge on any atom is 0.191 e. The minimum absolute atomic E-state index is 0. The molecule has 172 valence electrons. The van der Waals surface area contributed by atoms with E-state index in [1.54, 1.807) is 26.4 Å². The van der Waals surface area contributed by atoms with E-state index < -0.39 is 0 Å². The van der Waals surface area contributed by atoms with Crippen LogP contribution < -0.4 is 20.1 Å². The largest absolute Gasteiger partial charge is 0.493 e. The summed E-state index contributed by atoms with van der Waals surface area (Å²) in [6.07, 6.45) is 0.587. The molecule has 31 heavy (non-hydrogen) atoms. The molecule has 0 aliphatic carbocycles. The van der Waals surface area contributed by atoms with Crippen molar-refractivity contribution >= 4 is 29.9 Å². The fourth-order valence-corrected chi connectivity index (χ4v) is 3.16. The van der Waals surface area contributed by atoms with Gasteiger partial charge < -0.3 is 25.0 Å². The van der Waals surface area contributed by atoms with Gasteiger partial charge in [0.05, 0.1) is 26.8 Å². The third kappa shape index (κ3) is 8.17. The summed E-state index contributed by atoms with van der Waals surface area (Å²) in [4.78, 5) is 6.87. The first kappa shape index (κ1) is 27.0. The van der Waals surface area contributed by atoms with Gasteiger partial charge in [-0.15, -0.1) is 24.0 Å². The van der Waals surface area contributed by atoms with Crippen LogP contribution in [0.5, 0.6) is 11.5 Å². The normalized spacial score (nSPS) is 12.2. The number of likely N-dealkylation sites (N-methyl/N-ethyl adjacent to an activating group) is 1. The first-order valence-corrected chi connectivity index (χ1v) is 10.1. The van der Waals surface area contributed by atoms with Crippen molar-refractivity contribution in [3.05, 3.63) is 59.4 Å². The minimum Gasteiger partial charge on any atom is -0.493 e. The number of hydrogen-bond acceptors (Lipinski definition) is 4. The second kappa shape index (κ2) is 14.1. The molecule has 2 rings (SSSR count). The van der Waals surface area contributed by atoms with Crippen molar-refractivity contribution in [1.82, 2.24) is 15.5 Å². The zero-order valence-electron chi connectivity index (χ0n) is 18.9. The van der Waals surface area contributed by atoms with Crippen LogP contribution in [0.15, 0.2) is 47.5 Å². The molecule has 0 fully saturated rings. The van der Waals surface area contributed by atoms with E-state index in [0.29, 0.717) is 42.5 Å². The number of halogens is 2. The van der Waals surface area contributed by atoms with E-state index in [1.807, 2.05) is 45.3 Å². The highest BCUT2D eigenvalue weighted by atomic mass is 127. The highest BCUT2D eigenvalue weighted by Gasteiger charge is 2.17. The van der Waals surface area contributed by atoms with E-state index in [1.165, 1.54) is 6.07 Å². The summed E-state index contributed by atoms with van der Waals surface area (Å²) in [7, 11) is 7.30. The smallest absolute Gasteiger partial charge is 0.191 e. The highest BCUT2D eigenvalue weighted by Crippen LogP contribution is 2.31. The molecule has 0 saturated heterocycles. The predicted molar refractivity (Wildman–Crippen MR) is 135 cm³/mol. The van der Waals surface area contributed by atoms with Crippen molar-refractivity contribution in [1.29, 1.82) is 0 Å². The van der Waals surface area contributed by atoms with Crippen LogP contribution in [0.1, 0.15) is 24.1 Å². The van der Waals surface area contributed by atoms with Gasteiger partial charge in [0, 0.05) is 13.1 Å². The third-order valence-electron chi connectivity index (χ3n) is 4.83. The standard InChI is InChI=1S/C23H33FN4O2.HI/c1-6-25-23(26-14-13-17-9-7-8-10-19(17)24)27-16-20(28(2)3)18-11-12-21(29-4)22(15-18)30-5;/h7-12,15,20H,6,13-14,16H2,1-5H3,(H2,25,26,27);1H. The van der Waals surface area contributed by atoms with Crippen LogP contribution in [0.25, 0.3) is 0 Å². The quantitative estimate of drug-likeness (QED) is 0.271. The van der Waals surface area contributed by atoms with E-state index in [2.05, 4.69) is 15.5 Å². The van der Waals surface area contributed by atoms with Crippen LogP contribution >= 0.6 is 24.0 Å². The van der Waals surface area contributed by atoms with Crippen LogP contribution in [-0.2, 0) is 6.42 Å². The third-order valence-corrected chi connectivity index (χ3v) is 4.83. The zero-order valence-corrected chi connectivity index (χ0v) is 21.3. The lowest BCUT2D eigenvalue weighted by molar-refractivity contribution is 0.303.